The quantitative estimate of drug-likeness (QED) is 0.767. The molecule has 1 aromatic rings. The Balaban J connectivity index is 2.78. The number of anilines is 1. The molecular weight excluding hydrogens is 178 g/mol. The molecule has 0 atom stereocenters. The van der Waals surface area contributed by atoms with Crippen LogP contribution in [-0.2, 0) is 4.79 Å². The number of rotatable bonds is 2. The van der Waals surface area contributed by atoms with Crippen molar-refractivity contribution in [2.75, 3.05) is 5.32 Å². The zero-order chi connectivity index (χ0) is 10.6. The first kappa shape index (κ1) is 10.2. The minimum absolute atomic E-state index is 0.132. The zero-order valence-corrected chi connectivity index (χ0v) is 8.16. The van der Waals surface area contributed by atoms with Crippen LogP contribution < -0.4 is 5.32 Å². The van der Waals surface area contributed by atoms with E-state index in [1.165, 1.54) is 0 Å². The highest BCUT2D eigenvalue weighted by molar-refractivity contribution is 5.92. The van der Waals surface area contributed by atoms with E-state index in [0.29, 0.717) is 5.69 Å². The third-order valence-electron chi connectivity index (χ3n) is 1.74. The topological polar surface area (TPSA) is 65.8 Å². The highest BCUT2D eigenvalue weighted by Gasteiger charge is 2.04. The number of hydrogen-bond acceptors (Lipinski definition) is 3. The van der Waals surface area contributed by atoms with E-state index in [1.54, 1.807) is 12.1 Å². The predicted octanol–water partition coefficient (Wildman–Crippen LogP) is 1.55. The van der Waals surface area contributed by atoms with Gasteiger partial charge in [-0.25, -0.2) is 0 Å². The molecule has 4 heteroatoms. The van der Waals surface area contributed by atoms with Crippen LogP contribution in [0.5, 0.6) is 0 Å². The molecule has 0 radical (unpaired) electrons. The fraction of sp³-hybridized carbons (Fsp3) is 0.300. The van der Waals surface area contributed by atoms with Crippen LogP contribution in [0, 0.1) is 25.2 Å². The Morgan fingerprint density at radius 1 is 1.57 bits per heavy atom. The van der Waals surface area contributed by atoms with Crippen LogP contribution in [-0.4, -0.2) is 10.9 Å². The van der Waals surface area contributed by atoms with Crippen molar-refractivity contribution in [3.63, 3.8) is 0 Å². The zero-order valence-electron chi connectivity index (χ0n) is 8.16. The van der Waals surface area contributed by atoms with E-state index in [0.717, 1.165) is 11.4 Å². The number of aromatic nitrogens is 1. The van der Waals surface area contributed by atoms with Gasteiger partial charge in [-0.1, -0.05) is 0 Å². The van der Waals surface area contributed by atoms with Crippen molar-refractivity contribution in [3.8, 4) is 6.07 Å². The fourth-order valence-corrected chi connectivity index (χ4v) is 1.08. The fourth-order valence-electron chi connectivity index (χ4n) is 1.08. The van der Waals surface area contributed by atoms with Gasteiger partial charge in [-0.2, -0.15) is 5.26 Å². The first-order chi connectivity index (χ1) is 6.63. The molecule has 0 aliphatic rings. The molecule has 0 fully saturated rings. The third kappa shape index (κ3) is 2.56. The summed E-state index contributed by atoms with van der Waals surface area (Å²) in [6, 6.07) is 5.39. The molecule has 1 heterocycles. The average molecular weight is 189 g/mol. The van der Waals surface area contributed by atoms with Gasteiger partial charge in [0.1, 0.15) is 6.42 Å². The summed E-state index contributed by atoms with van der Waals surface area (Å²) < 4.78 is 0. The van der Waals surface area contributed by atoms with E-state index in [2.05, 4.69) is 10.3 Å². The summed E-state index contributed by atoms with van der Waals surface area (Å²) in [5.74, 6) is -0.304. The lowest BCUT2D eigenvalue weighted by Crippen LogP contribution is -2.11. The second-order valence-corrected chi connectivity index (χ2v) is 2.97. The number of nitriles is 1. The van der Waals surface area contributed by atoms with Crippen molar-refractivity contribution in [1.29, 1.82) is 5.26 Å². The van der Waals surface area contributed by atoms with Crippen LogP contribution in [0.2, 0.25) is 0 Å². The lowest BCUT2D eigenvalue weighted by atomic mass is 10.2. The number of amides is 1. The van der Waals surface area contributed by atoms with Gasteiger partial charge in [0.05, 0.1) is 17.5 Å². The van der Waals surface area contributed by atoms with Gasteiger partial charge in [0, 0.05) is 5.69 Å². The van der Waals surface area contributed by atoms with Gasteiger partial charge < -0.3 is 5.32 Å². The van der Waals surface area contributed by atoms with Gasteiger partial charge in [0.25, 0.3) is 0 Å². The molecule has 1 amide bonds. The van der Waals surface area contributed by atoms with E-state index in [4.69, 9.17) is 5.26 Å². The van der Waals surface area contributed by atoms with Crippen LogP contribution in [0.25, 0.3) is 0 Å². The number of nitrogens with zero attached hydrogens (tertiary/aromatic N) is 2. The minimum Gasteiger partial charge on any atom is -0.324 e. The standard InChI is InChI=1S/C10H11N3O/c1-7-3-4-9(8(2)12-7)13-10(14)5-6-11/h3-4H,5H2,1-2H3,(H,13,14). The Morgan fingerprint density at radius 3 is 2.86 bits per heavy atom. The molecule has 0 unspecified atom stereocenters. The number of pyridine rings is 1. The molecule has 0 aromatic carbocycles. The number of carbonyl (C=O) groups excluding carboxylic acids is 1. The van der Waals surface area contributed by atoms with E-state index >= 15 is 0 Å². The number of carbonyl (C=O) groups is 1. The van der Waals surface area contributed by atoms with Crippen LogP contribution in [0.4, 0.5) is 5.69 Å². The van der Waals surface area contributed by atoms with E-state index in [9.17, 15) is 4.79 Å². The smallest absolute Gasteiger partial charge is 0.238 e. The predicted molar refractivity (Wildman–Crippen MR) is 52.6 cm³/mol. The van der Waals surface area contributed by atoms with Gasteiger partial charge in [-0.15, -0.1) is 0 Å². The molecule has 0 aliphatic carbocycles. The maximum atomic E-state index is 11.1. The van der Waals surface area contributed by atoms with Crippen molar-refractivity contribution in [2.45, 2.75) is 20.3 Å². The van der Waals surface area contributed by atoms with Crippen molar-refractivity contribution in [1.82, 2.24) is 4.98 Å². The third-order valence-corrected chi connectivity index (χ3v) is 1.74. The highest BCUT2D eigenvalue weighted by atomic mass is 16.1. The van der Waals surface area contributed by atoms with Crippen molar-refractivity contribution in [3.05, 3.63) is 23.5 Å². The van der Waals surface area contributed by atoms with Gasteiger partial charge >= 0.3 is 0 Å². The molecule has 0 bridgehead atoms. The number of aryl methyl sites for hydroxylation is 2. The molecule has 4 nitrogen and oxygen atoms in total. The summed E-state index contributed by atoms with van der Waals surface area (Å²) >= 11 is 0. The van der Waals surface area contributed by atoms with E-state index < -0.39 is 0 Å². The van der Waals surface area contributed by atoms with Crippen LogP contribution in [0.15, 0.2) is 12.1 Å². The first-order valence-corrected chi connectivity index (χ1v) is 4.24. The second kappa shape index (κ2) is 4.38. The monoisotopic (exact) mass is 189 g/mol. The van der Waals surface area contributed by atoms with Gasteiger partial charge in [0.2, 0.25) is 5.91 Å². The summed E-state index contributed by atoms with van der Waals surface area (Å²) in [6.07, 6.45) is -0.132. The molecule has 0 spiro atoms. The van der Waals surface area contributed by atoms with Crippen molar-refractivity contribution >= 4 is 11.6 Å². The lowest BCUT2D eigenvalue weighted by Gasteiger charge is -2.06. The van der Waals surface area contributed by atoms with E-state index in [1.807, 2.05) is 19.9 Å². The molecule has 0 saturated carbocycles. The highest BCUT2D eigenvalue weighted by Crippen LogP contribution is 2.12. The largest absolute Gasteiger partial charge is 0.324 e. The Hall–Kier alpha value is -1.89. The Kier molecular flexibility index (Phi) is 3.19. The minimum atomic E-state index is -0.304. The molecule has 0 saturated heterocycles. The Morgan fingerprint density at radius 2 is 2.29 bits per heavy atom. The van der Waals surface area contributed by atoms with Gasteiger partial charge in [0.15, 0.2) is 0 Å². The average Bonchev–Trinajstić information content (AvgIpc) is 2.10. The van der Waals surface area contributed by atoms with Crippen molar-refractivity contribution in [2.24, 2.45) is 0 Å². The first-order valence-electron chi connectivity index (χ1n) is 4.24. The maximum Gasteiger partial charge on any atom is 0.238 e. The molecule has 1 N–H and O–H groups in total. The van der Waals surface area contributed by atoms with Crippen molar-refractivity contribution < 1.29 is 4.79 Å². The van der Waals surface area contributed by atoms with Crippen LogP contribution in [0.1, 0.15) is 17.8 Å². The number of nitrogens with one attached hydrogen (secondary N) is 1. The molecule has 14 heavy (non-hydrogen) atoms. The molecule has 1 rings (SSSR count). The second-order valence-electron chi connectivity index (χ2n) is 2.97. The molecular formula is C10H11N3O. The summed E-state index contributed by atoms with van der Waals surface area (Å²) in [4.78, 5) is 15.3. The molecule has 1 aromatic heterocycles. The van der Waals surface area contributed by atoms with Crippen LogP contribution in [0.3, 0.4) is 0 Å². The summed E-state index contributed by atoms with van der Waals surface area (Å²) in [5, 5.41) is 10.9. The normalized spacial score (nSPS) is 9.21. The Labute approximate surface area is 82.6 Å². The summed E-state index contributed by atoms with van der Waals surface area (Å²) in [5.41, 5.74) is 2.33. The van der Waals surface area contributed by atoms with Gasteiger partial charge in [-0.05, 0) is 26.0 Å². The summed E-state index contributed by atoms with van der Waals surface area (Å²) in [6.45, 7) is 3.70. The van der Waals surface area contributed by atoms with Gasteiger partial charge in [-0.3, -0.25) is 9.78 Å². The SMILES string of the molecule is Cc1ccc(NC(=O)CC#N)c(C)n1. The van der Waals surface area contributed by atoms with E-state index in [-0.39, 0.29) is 12.3 Å². The van der Waals surface area contributed by atoms with Crippen LogP contribution >= 0.6 is 0 Å². The molecule has 0 aliphatic heterocycles. The summed E-state index contributed by atoms with van der Waals surface area (Å²) in [7, 11) is 0. The number of hydrogen-bond donors (Lipinski definition) is 1. The maximum absolute atomic E-state index is 11.1. The lowest BCUT2D eigenvalue weighted by molar-refractivity contribution is -0.115. The Bertz CT molecular complexity index is 393. The molecule has 72 valence electrons.